The Morgan fingerprint density at radius 3 is 2.29 bits per heavy atom. The molecule has 2 amide bonds. The second kappa shape index (κ2) is 10.9. The van der Waals surface area contributed by atoms with Gasteiger partial charge in [0.15, 0.2) is 11.4 Å². The minimum atomic E-state index is -0.912. The zero-order valence-corrected chi connectivity index (χ0v) is 19.9. The maximum Gasteiger partial charge on any atom is 0.337 e. The number of aromatic nitrogens is 1. The predicted molar refractivity (Wildman–Crippen MR) is 121 cm³/mol. The highest BCUT2D eigenvalue weighted by Crippen LogP contribution is 2.40. The van der Waals surface area contributed by atoms with Crippen molar-refractivity contribution in [2.45, 2.75) is 32.7 Å². The van der Waals surface area contributed by atoms with E-state index in [0.29, 0.717) is 6.07 Å². The Morgan fingerprint density at radius 1 is 1.09 bits per heavy atom. The van der Waals surface area contributed by atoms with Crippen LogP contribution in [0.3, 0.4) is 0 Å². The molecule has 0 spiro atoms. The van der Waals surface area contributed by atoms with Crippen molar-refractivity contribution in [2.24, 2.45) is 5.41 Å². The van der Waals surface area contributed by atoms with Crippen molar-refractivity contribution in [3.8, 4) is 5.75 Å². The Balaban J connectivity index is 2.06. The molecule has 1 aromatic heterocycles. The summed E-state index contributed by atoms with van der Waals surface area (Å²) in [5.74, 6) is -4.19. The van der Waals surface area contributed by atoms with Gasteiger partial charge in [0.2, 0.25) is 0 Å². The van der Waals surface area contributed by atoms with Crippen LogP contribution in [0.25, 0.3) is 0 Å². The van der Waals surface area contributed by atoms with Crippen molar-refractivity contribution in [2.75, 3.05) is 32.3 Å². The number of rotatable bonds is 9. The summed E-state index contributed by atoms with van der Waals surface area (Å²) in [7, 11) is 2.60. The van der Waals surface area contributed by atoms with E-state index in [1.807, 2.05) is 13.8 Å². The molecule has 0 bridgehead atoms. The maximum absolute atomic E-state index is 13.9. The molecule has 1 heterocycles. The second-order valence-electron chi connectivity index (χ2n) is 8.77. The third-order valence-electron chi connectivity index (χ3n) is 5.72. The van der Waals surface area contributed by atoms with Crippen LogP contribution >= 0.6 is 0 Å². The van der Waals surface area contributed by atoms with E-state index in [-0.39, 0.29) is 41.0 Å². The van der Waals surface area contributed by atoms with E-state index < -0.39 is 36.0 Å². The summed E-state index contributed by atoms with van der Waals surface area (Å²) in [4.78, 5) is 43.2. The van der Waals surface area contributed by atoms with Crippen molar-refractivity contribution in [3.05, 3.63) is 47.7 Å². The first-order valence-electron chi connectivity index (χ1n) is 10.8. The normalized spacial score (nSPS) is 16.2. The van der Waals surface area contributed by atoms with Crippen molar-refractivity contribution < 1.29 is 37.4 Å². The van der Waals surface area contributed by atoms with Gasteiger partial charge in [0.25, 0.3) is 11.8 Å². The third-order valence-corrected chi connectivity index (χ3v) is 5.72. The molecule has 3 rings (SSSR count). The number of amides is 2. The number of esters is 1. The van der Waals surface area contributed by atoms with Crippen molar-refractivity contribution in [1.29, 1.82) is 0 Å². The molecule has 9 nitrogen and oxygen atoms in total. The lowest BCUT2D eigenvalue weighted by atomic mass is 9.67. The number of nitrogens with one attached hydrogen (secondary N) is 1. The lowest BCUT2D eigenvalue weighted by Gasteiger charge is -2.44. The predicted octanol–water partition coefficient (Wildman–Crippen LogP) is 3.14. The fourth-order valence-corrected chi connectivity index (χ4v) is 3.70. The topological polar surface area (TPSA) is 107 Å². The first kappa shape index (κ1) is 26.2. The SMILES string of the molecule is COCC(=O)Oc1ccc(N(C(=O)COC)c2cc(F)cc(F)c2)nc1C(=O)NC1CCC1(C)C. The van der Waals surface area contributed by atoms with E-state index in [4.69, 9.17) is 14.2 Å². The van der Waals surface area contributed by atoms with Gasteiger partial charge in [-0.15, -0.1) is 0 Å². The van der Waals surface area contributed by atoms with Crippen molar-refractivity contribution >= 4 is 29.3 Å². The van der Waals surface area contributed by atoms with Crippen LogP contribution in [0.4, 0.5) is 20.3 Å². The van der Waals surface area contributed by atoms with E-state index in [2.05, 4.69) is 10.3 Å². The summed E-state index contributed by atoms with van der Waals surface area (Å²) in [6.07, 6.45) is 1.68. The zero-order chi connectivity index (χ0) is 25.8. The summed E-state index contributed by atoms with van der Waals surface area (Å²) < 4.78 is 42.8. The fourth-order valence-electron chi connectivity index (χ4n) is 3.70. The van der Waals surface area contributed by atoms with Gasteiger partial charge in [0, 0.05) is 26.3 Å². The molecule has 1 atom stereocenters. The van der Waals surface area contributed by atoms with Gasteiger partial charge in [0.1, 0.15) is 30.7 Å². The van der Waals surface area contributed by atoms with Crippen molar-refractivity contribution in [1.82, 2.24) is 10.3 Å². The van der Waals surface area contributed by atoms with Crippen LogP contribution in [-0.2, 0) is 19.1 Å². The molecule has 1 fully saturated rings. The van der Waals surface area contributed by atoms with Crippen LogP contribution < -0.4 is 15.0 Å². The first-order chi connectivity index (χ1) is 16.6. The maximum atomic E-state index is 13.9. The average molecular weight is 491 g/mol. The van der Waals surface area contributed by atoms with Crippen LogP contribution in [0.15, 0.2) is 30.3 Å². The third kappa shape index (κ3) is 6.17. The Labute approximate surface area is 201 Å². The van der Waals surface area contributed by atoms with Crippen LogP contribution in [0.5, 0.6) is 5.75 Å². The van der Waals surface area contributed by atoms with E-state index >= 15 is 0 Å². The van der Waals surface area contributed by atoms with Gasteiger partial charge in [0.05, 0.1) is 5.69 Å². The van der Waals surface area contributed by atoms with Gasteiger partial charge in [-0.1, -0.05) is 13.8 Å². The molecule has 1 aromatic carbocycles. The van der Waals surface area contributed by atoms with Crippen LogP contribution in [0.2, 0.25) is 0 Å². The molecular formula is C24H27F2N3O6. The molecule has 2 aromatic rings. The van der Waals surface area contributed by atoms with Gasteiger partial charge >= 0.3 is 5.97 Å². The Hall–Kier alpha value is -3.44. The van der Waals surface area contributed by atoms with Crippen molar-refractivity contribution in [3.63, 3.8) is 0 Å². The number of ether oxygens (including phenoxy) is 3. The molecule has 1 saturated carbocycles. The monoisotopic (exact) mass is 491 g/mol. The number of halogens is 2. The molecule has 35 heavy (non-hydrogen) atoms. The Kier molecular flexibility index (Phi) is 8.13. The number of methoxy groups -OCH3 is 2. The van der Waals surface area contributed by atoms with Gasteiger partial charge in [-0.3, -0.25) is 14.5 Å². The minimum absolute atomic E-state index is 0.124. The lowest BCUT2D eigenvalue weighted by molar-refractivity contribution is -0.138. The number of nitrogens with zero attached hydrogens (tertiary/aromatic N) is 2. The highest BCUT2D eigenvalue weighted by Gasteiger charge is 2.40. The zero-order valence-electron chi connectivity index (χ0n) is 19.9. The smallest absolute Gasteiger partial charge is 0.337 e. The molecular weight excluding hydrogens is 464 g/mol. The molecule has 0 saturated heterocycles. The Bertz CT molecular complexity index is 1100. The molecule has 0 radical (unpaired) electrons. The molecule has 1 N–H and O–H groups in total. The molecule has 1 aliphatic rings. The van der Waals surface area contributed by atoms with Gasteiger partial charge in [-0.05, 0) is 42.5 Å². The molecule has 188 valence electrons. The van der Waals surface area contributed by atoms with Gasteiger partial charge < -0.3 is 19.5 Å². The number of benzene rings is 1. The van der Waals surface area contributed by atoms with E-state index in [1.165, 1.54) is 26.4 Å². The van der Waals surface area contributed by atoms with Gasteiger partial charge in [-0.25, -0.2) is 18.6 Å². The summed E-state index contributed by atoms with van der Waals surface area (Å²) >= 11 is 0. The van der Waals surface area contributed by atoms with E-state index in [0.717, 1.165) is 29.9 Å². The number of pyridine rings is 1. The quantitative estimate of drug-likeness (QED) is 0.537. The summed E-state index contributed by atoms with van der Waals surface area (Å²) in [5.41, 5.74) is -0.561. The molecule has 11 heteroatoms. The fraction of sp³-hybridized carbons (Fsp3) is 0.417. The highest BCUT2D eigenvalue weighted by molar-refractivity contribution is 6.02. The number of hydrogen-bond acceptors (Lipinski definition) is 7. The van der Waals surface area contributed by atoms with E-state index in [9.17, 15) is 23.2 Å². The second-order valence-corrected chi connectivity index (χ2v) is 8.77. The first-order valence-corrected chi connectivity index (χ1v) is 10.8. The van der Waals surface area contributed by atoms with Crippen LogP contribution in [-0.4, -0.2) is 56.2 Å². The number of carbonyl (C=O) groups excluding carboxylic acids is 3. The average Bonchev–Trinajstić information content (AvgIpc) is 2.77. The minimum Gasteiger partial charge on any atom is -0.422 e. The largest absolute Gasteiger partial charge is 0.422 e. The molecule has 0 aliphatic heterocycles. The number of hydrogen-bond donors (Lipinski definition) is 1. The molecule has 1 unspecified atom stereocenters. The van der Waals surface area contributed by atoms with Gasteiger partial charge in [-0.2, -0.15) is 0 Å². The number of anilines is 2. The summed E-state index contributed by atoms with van der Waals surface area (Å²) in [6.45, 7) is 3.23. The van der Waals surface area contributed by atoms with E-state index in [1.54, 1.807) is 0 Å². The molecule has 1 aliphatic carbocycles. The highest BCUT2D eigenvalue weighted by atomic mass is 19.1. The number of carbonyl (C=O) groups is 3. The van der Waals surface area contributed by atoms with Crippen LogP contribution in [0.1, 0.15) is 37.2 Å². The summed E-state index contributed by atoms with van der Waals surface area (Å²) in [5, 5.41) is 2.87. The standard InChI is InChI=1S/C24H27F2N3O6/c1-24(2)8-7-18(24)27-23(32)22-17(35-21(31)13-34-4)5-6-19(28-22)29(20(30)12-33-3)16-10-14(25)9-15(26)11-16/h5-6,9-11,18H,7-8,12-13H2,1-4H3,(H,27,32). The van der Waals surface area contributed by atoms with Crippen LogP contribution in [0, 0.1) is 17.0 Å². The lowest BCUT2D eigenvalue weighted by Crippen LogP contribution is -2.52. The Morgan fingerprint density at radius 2 is 1.74 bits per heavy atom. The summed E-state index contributed by atoms with van der Waals surface area (Å²) in [6, 6.07) is 4.98.